The lowest BCUT2D eigenvalue weighted by molar-refractivity contribution is -0.140. The molecular weight excluding hydrogens is 424 g/mol. The quantitative estimate of drug-likeness (QED) is 0.278. The molecule has 2 aliphatic heterocycles. The fourth-order valence-corrected chi connectivity index (χ4v) is 4.66. The third-order valence-electron chi connectivity index (χ3n) is 6.69. The number of epoxide rings is 1. The zero-order chi connectivity index (χ0) is 23.6. The largest absolute Gasteiger partial charge is 0.496 e. The van der Waals surface area contributed by atoms with Crippen molar-refractivity contribution in [2.24, 2.45) is 5.92 Å². The highest BCUT2D eigenvalue weighted by Crippen LogP contribution is 2.49. The van der Waals surface area contributed by atoms with Gasteiger partial charge >= 0.3 is 11.9 Å². The highest BCUT2D eigenvalue weighted by molar-refractivity contribution is 5.91. The van der Waals surface area contributed by atoms with E-state index in [0.717, 1.165) is 18.4 Å². The van der Waals surface area contributed by atoms with E-state index in [9.17, 15) is 9.59 Å². The van der Waals surface area contributed by atoms with Gasteiger partial charge in [-0.05, 0) is 56.4 Å². The molecule has 7 heteroatoms. The van der Waals surface area contributed by atoms with E-state index in [2.05, 4.69) is 19.6 Å². The monoisotopic (exact) mass is 454 g/mol. The van der Waals surface area contributed by atoms with Crippen LogP contribution in [-0.4, -0.2) is 50.6 Å². The Morgan fingerprint density at radius 2 is 2.00 bits per heavy atom. The summed E-state index contributed by atoms with van der Waals surface area (Å²) in [6.45, 7) is 6.18. The number of rotatable bonds is 6. The first-order valence-corrected chi connectivity index (χ1v) is 11.2. The van der Waals surface area contributed by atoms with Crippen LogP contribution >= 0.6 is 0 Å². The third-order valence-corrected chi connectivity index (χ3v) is 6.69. The molecule has 0 spiro atoms. The number of allylic oxidation sites excluding steroid dienone is 1. The summed E-state index contributed by atoms with van der Waals surface area (Å²) in [7, 11) is 3.13. The number of carbonyl (C=O) groups is 2. The molecule has 0 N–H and O–H groups in total. The maximum absolute atomic E-state index is 12.4. The second kappa shape index (κ2) is 9.43. The van der Waals surface area contributed by atoms with E-state index in [1.165, 1.54) is 6.08 Å². The van der Waals surface area contributed by atoms with Gasteiger partial charge in [-0.25, -0.2) is 9.59 Å². The molecule has 3 aliphatic rings. The molecular formula is C26H30O7. The van der Waals surface area contributed by atoms with Crippen LogP contribution in [0.2, 0.25) is 0 Å². The first-order chi connectivity index (χ1) is 15.9. The van der Waals surface area contributed by atoms with Gasteiger partial charge in [-0.3, -0.25) is 0 Å². The smallest absolute Gasteiger partial charge is 0.334 e. The predicted molar refractivity (Wildman–Crippen MR) is 122 cm³/mol. The van der Waals surface area contributed by atoms with Gasteiger partial charge in [0.15, 0.2) is 0 Å². The Bertz CT molecular complexity index is 986. The van der Waals surface area contributed by atoms with E-state index < -0.39 is 5.97 Å². The van der Waals surface area contributed by atoms with Gasteiger partial charge in [0.05, 0.1) is 25.4 Å². The maximum Gasteiger partial charge on any atom is 0.334 e. The zero-order valence-electron chi connectivity index (χ0n) is 19.3. The molecule has 0 aromatic heterocycles. The summed E-state index contributed by atoms with van der Waals surface area (Å²) in [5, 5.41) is 0. The molecule has 0 radical (unpaired) electrons. The molecule has 176 valence electrons. The standard InChI is InChI=1S/C26H30O7/c1-16-18-11-10-17(7-6-14-26(2)24(33-26)23(18)32-25(16)28)15-31-22(27)13-12-19-20(29-3)8-5-9-21(19)30-4/h5,7-9,12-13,18,23-24H,1,6,10-11,14-15H2,2-4H3/b13-12+,17-7+/t18-,23-,24+,26+/m0/s1. The summed E-state index contributed by atoms with van der Waals surface area (Å²) in [4.78, 5) is 24.5. The summed E-state index contributed by atoms with van der Waals surface area (Å²) < 4.78 is 27.7. The fourth-order valence-electron chi connectivity index (χ4n) is 4.66. The Balaban J connectivity index is 1.40. The van der Waals surface area contributed by atoms with Crippen LogP contribution in [0.3, 0.4) is 0 Å². The number of benzene rings is 1. The second-order valence-corrected chi connectivity index (χ2v) is 8.81. The van der Waals surface area contributed by atoms with E-state index in [1.807, 2.05) is 6.07 Å². The van der Waals surface area contributed by atoms with Crippen LogP contribution in [0.4, 0.5) is 0 Å². The van der Waals surface area contributed by atoms with Crippen molar-refractivity contribution in [2.75, 3.05) is 20.8 Å². The highest BCUT2D eigenvalue weighted by atomic mass is 16.6. The molecule has 2 fully saturated rings. The molecule has 7 nitrogen and oxygen atoms in total. The number of esters is 2. The zero-order valence-corrected chi connectivity index (χ0v) is 19.3. The summed E-state index contributed by atoms with van der Waals surface area (Å²) >= 11 is 0. The first kappa shape index (κ1) is 23.1. The summed E-state index contributed by atoms with van der Waals surface area (Å²) in [6, 6.07) is 5.41. The van der Waals surface area contributed by atoms with E-state index in [4.69, 9.17) is 23.7 Å². The van der Waals surface area contributed by atoms with Crippen molar-refractivity contribution in [3.05, 3.63) is 53.6 Å². The topological polar surface area (TPSA) is 83.6 Å². The van der Waals surface area contributed by atoms with E-state index >= 15 is 0 Å². The molecule has 0 saturated carbocycles. The van der Waals surface area contributed by atoms with E-state index in [1.54, 1.807) is 32.4 Å². The van der Waals surface area contributed by atoms with Gasteiger partial charge in [-0.1, -0.05) is 18.7 Å². The highest BCUT2D eigenvalue weighted by Gasteiger charge is 2.61. The Morgan fingerprint density at radius 3 is 2.70 bits per heavy atom. The van der Waals surface area contributed by atoms with Crippen molar-refractivity contribution in [2.45, 2.75) is 50.4 Å². The van der Waals surface area contributed by atoms with E-state index in [-0.39, 0.29) is 36.3 Å². The molecule has 0 unspecified atom stereocenters. The summed E-state index contributed by atoms with van der Waals surface area (Å²) in [5.41, 5.74) is 1.89. The van der Waals surface area contributed by atoms with Gasteiger partial charge in [-0.2, -0.15) is 0 Å². The molecule has 1 aromatic carbocycles. The minimum Gasteiger partial charge on any atom is -0.496 e. The van der Waals surface area contributed by atoms with Gasteiger partial charge in [0.1, 0.15) is 30.3 Å². The normalized spacial score (nSPS) is 30.5. The number of methoxy groups -OCH3 is 2. The molecule has 2 heterocycles. The van der Waals surface area contributed by atoms with Crippen LogP contribution in [0, 0.1) is 5.92 Å². The molecule has 0 bridgehead atoms. The third kappa shape index (κ3) is 4.83. The van der Waals surface area contributed by atoms with Crippen LogP contribution in [0.5, 0.6) is 11.5 Å². The van der Waals surface area contributed by atoms with Crippen molar-refractivity contribution in [1.82, 2.24) is 0 Å². The molecule has 0 amide bonds. The molecule has 33 heavy (non-hydrogen) atoms. The number of ether oxygens (including phenoxy) is 5. The van der Waals surface area contributed by atoms with Crippen molar-refractivity contribution in [1.29, 1.82) is 0 Å². The lowest BCUT2D eigenvalue weighted by Gasteiger charge is -2.20. The fraction of sp³-hybridized carbons (Fsp3) is 0.462. The average Bonchev–Trinajstić information content (AvgIpc) is 3.40. The SMILES string of the molecule is C=C1C(=O)O[C@@H]2[C@H]3O[C@]3(C)CC/C=C(/COC(=O)/C=C/c3c(OC)cccc3OC)CC[C@@H]12. The Kier molecular flexibility index (Phi) is 6.61. The van der Waals surface area contributed by atoms with Gasteiger partial charge in [-0.15, -0.1) is 0 Å². The Hall–Kier alpha value is -3.06. The van der Waals surface area contributed by atoms with Crippen LogP contribution in [0.1, 0.15) is 38.2 Å². The van der Waals surface area contributed by atoms with Crippen LogP contribution in [0.25, 0.3) is 6.08 Å². The first-order valence-electron chi connectivity index (χ1n) is 11.2. The minimum absolute atomic E-state index is 0.0735. The Labute approximate surface area is 194 Å². The predicted octanol–water partition coefficient (Wildman–Crippen LogP) is 4.02. The van der Waals surface area contributed by atoms with Gasteiger partial charge in [0.25, 0.3) is 0 Å². The van der Waals surface area contributed by atoms with Gasteiger partial charge in [0, 0.05) is 17.6 Å². The summed E-state index contributed by atoms with van der Waals surface area (Å²) in [6.07, 6.45) is 7.77. The molecule has 1 aliphatic carbocycles. The molecule has 4 atom stereocenters. The number of hydrogen-bond acceptors (Lipinski definition) is 7. The van der Waals surface area contributed by atoms with Gasteiger partial charge < -0.3 is 23.7 Å². The molecule has 1 aromatic rings. The maximum atomic E-state index is 12.4. The average molecular weight is 455 g/mol. The van der Waals surface area contributed by atoms with Crippen LogP contribution in [0.15, 0.2) is 48.1 Å². The van der Waals surface area contributed by atoms with Crippen LogP contribution < -0.4 is 9.47 Å². The number of hydrogen-bond donors (Lipinski definition) is 0. The number of carbonyl (C=O) groups excluding carboxylic acids is 2. The molecule has 2 saturated heterocycles. The molecule has 4 rings (SSSR count). The van der Waals surface area contributed by atoms with Crippen molar-refractivity contribution in [3.8, 4) is 11.5 Å². The number of fused-ring (bicyclic) bond motifs is 3. The van der Waals surface area contributed by atoms with Crippen molar-refractivity contribution < 1.29 is 33.3 Å². The van der Waals surface area contributed by atoms with Crippen molar-refractivity contribution >= 4 is 18.0 Å². The Morgan fingerprint density at radius 1 is 1.27 bits per heavy atom. The lowest BCUT2D eigenvalue weighted by Crippen LogP contribution is -2.29. The second-order valence-electron chi connectivity index (χ2n) is 8.81. The van der Waals surface area contributed by atoms with E-state index in [0.29, 0.717) is 35.5 Å². The van der Waals surface area contributed by atoms with Gasteiger partial charge in [0.2, 0.25) is 0 Å². The van der Waals surface area contributed by atoms with Crippen molar-refractivity contribution in [3.63, 3.8) is 0 Å². The lowest BCUT2D eigenvalue weighted by atomic mass is 9.84. The summed E-state index contributed by atoms with van der Waals surface area (Å²) in [5.74, 6) is 0.326. The van der Waals surface area contributed by atoms with Crippen LogP contribution in [-0.2, 0) is 23.8 Å². The minimum atomic E-state index is -0.458.